The lowest BCUT2D eigenvalue weighted by Gasteiger charge is -2.13. The molecule has 0 heterocycles. The second kappa shape index (κ2) is 6.29. The fourth-order valence-electron chi connectivity index (χ4n) is 2.03. The number of benzene rings is 2. The molecule has 0 aliphatic carbocycles. The summed E-state index contributed by atoms with van der Waals surface area (Å²) < 4.78 is 5.39. The third-order valence-corrected chi connectivity index (χ3v) is 3.56. The van der Waals surface area contributed by atoms with Crippen molar-refractivity contribution in [3.8, 4) is 16.9 Å². The number of hydrogen-bond acceptors (Lipinski definition) is 2. The van der Waals surface area contributed by atoms with Crippen LogP contribution in [0.4, 0.5) is 0 Å². The largest absolute Gasteiger partial charge is 0.496 e. The Kier molecular flexibility index (Phi) is 4.70. The summed E-state index contributed by atoms with van der Waals surface area (Å²) in [6.45, 7) is 0.599. The lowest BCUT2D eigenvalue weighted by molar-refractivity contribution is 0.416. The van der Waals surface area contributed by atoms with Crippen molar-refractivity contribution in [2.45, 2.75) is 6.42 Å². The van der Waals surface area contributed by atoms with Crippen LogP contribution in [0.15, 0.2) is 36.4 Å². The molecule has 0 aliphatic rings. The van der Waals surface area contributed by atoms with Gasteiger partial charge in [0.25, 0.3) is 0 Å². The van der Waals surface area contributed by atoms with Crippen molar-refractivity contribution < 1.29 is 4.74 Å². The van der Waals surface area contributed by atoms with Gasteiger partial charge in [0.1, 0.15) is 5.75 Å². The van der Waals surface area contributed by atoms with Crippen LogP contribution in [0.1, 0.15) is 5.56 Å². The maximum Gasteiger partial charge on any atom is 0.126 e. The summed E-state index contributed by atoms with van der Waals surface area (Å²) in [6.07, 6.45) is 0.805. The van der Waals surface area contributed by atoms with E-state index in [4.69, 9.17) is 33.7 Å². The molecule has 0 spiro atoms. The zero-order chi connectivity index (χ0) is 13.8. The van der Waals surface area contributed by atoms with Gasteiger partial charge in [0.05, 0.1) is 17.2 Å². The Bertz CT molecular complexity index is 564. The topological polar surface area (TPSA) is 35.2 Å². The maximum atomic E-state index is 6.26. The molecule has 0 unspecified atom stereocenters. The third-order valence-electron chi connectivity index (χ3n) is 2.93. The molecule has 0 saturated carbocycles. The molecule has 0 fully saturated rings. The molecule has 100 valence electrons. The van der Waals surface area contributed by atoms with Crippen LogP contribution in [0, 0.1) is 0 Å². The minimum atomic E-state index is 0.599. The summed E-state index contributed by atoms with van der Waals surface area (Å²) in [5.74, 6) is 0.746. The molecule has 2 nitrogen and oxygen atoms in total. The van der Waals surface area contributed by atoms with E-state index in [0.29, 0.717) is 16.6 Å². The van der Waals surface area contributed by atoms with Crippen molar-refractivity contribution >= 4 is 23.2 Å². The second-order valence-corrected chi connectivity index (χ2v) is 4.98. The summed E-state index contributed by atoms with van der Waals surface area (Å²) in [4.78, 5) is 0. The van der Waals surface area contributed by atoms with Crippen molar-refractivity contribution in [2.24, 2.45) is 5.73 Å². The number of halogens is 2. The minimum absolute atomic E-state index is 0.599. The van der Waals surface area contributed by atoms with E-state index in [1.165, 1.54) is 0 Å². The van der Waals surface area contributed by atoms with Gasteiger partial charge in [-0.1, -0.05) is 35.3 Å². The summed E-state index contributed by atoms with van der Waals surface area (Å²) in [5.41, 5.74) is 8.42. The fraction of sp³-hybridized carbons (Fsp3) is 0.200. The third kappa shape index (κ3) is 3.03. The SMILES string of the molecule is COc1ccc(CCN)cc1-c1c(Cl)cccc1Cl. The Hall–Kier alpha value is -1.22. The van der Waals surface area contributed by atoms with Gasteiger partial charge in [0.2, 0.25) is 0 Å². The van der Waals surface area contributed by atoms with Gasteiger partial charge in [-0.3, -0.25) is 0 Å². The van der Waals surface area contributed by atoms with Crippen molar-refractivity contribution in [2.75, 3.05) is 13.7 Å². The molecule has 2 N–H and O–H groups in total. The van der Waals surface area contributed by atoms with E-state index in [1.807, 2.05) is 36.4 Å². The normalized spacial score (nSPS) is 10.5. The lowest BCUT2D eigenvalue weighted by atomic mass is 10.0. The van der Waals surface area contributed by atoms with Crippen LogP contribution < -0.4 is 10.5 Å². The highest BCUT2D eigenvalue weighted by Gasteiger charge is 2.13. The Labute approximate surface area is 123 Å². The zero-order valence-corrected chi connectivity index (χ0v) is 12.1. The average molecular weight is 296 g/mol. The quantitative estimate of drug-likeness (QED) is 0.919. The van der Waals surface area contributed by atoms with Gasteiger partial charge < -0.3 is 10.5 Å². The van der Waals surface area contributed by atoms with E-state index < -0.39 is 0 Å². The summed E-state index contributed by atoms with van der Waals surface area (Å²) >= 11 is 12.5. The Morgan fingerprint density at radius 1 is 1.11 bits per heavy atom. The maximum absolute atomic E-state index is 6.26. The molecular weight excluding hydrogens is 281 g/mol. The van der Waals surface area contributed by atoms with Crippen molar-refractivity contribution in [3.05, 3.63) is 52.0 Å². The molecule has 2 aromatic carbocycles. The molecule has 0 aliphatic heterocycles. The van der Waals surface area contributed by atoms with Crippen LogP contribution in [0.25, 0.3) is 11.1 Å². The number of hydrogen-bond donors (Lipinski definition) is 1. The van der Waals surface area contributed by atoms with E-state index in [9.17, 15) is 0 Å². The first-order valence-corrected chi connectivity index (χ1v) is 6.74. The van der Waals surface area contributed by atoms with E-state index >= 15 is 0 Å². The van der Waals surface area contributed by atoms with Gasteiger partial charge in [-0.15, -0.1) is 0 Å². The predicted molar refractivity (Wildman–Crippen MR) is 81.2 cm³/mol. The number of ether oxygens (including phenoxy) is 1. The highest BCUT2D eigenvalue weighted by atomic mass is 35.5. The lowest BCUT2D eigenvalue weighted by Crippen LogP contribution is -2.03. The van der Waals surface area contributed by atoms with E-state index in [2.05, 4.69) is 0 Å². The molecule has 0 saturated heterocycles. The molecule has 4 heteroatoms. The van der Waals surface area contributed by atoms with Gasteiger partial charge in [-0.25, -0.2) is 0 Å². The predicted octanol–water partition coefficient (Wildman–Crippen LogP) is 4.17. The Morgan fingerprint density at radius 2 is 1.79 bits per heavy atom. The van der Waals surface area contributed by atoms with Crippen molar-refractivity contribution in [1.82, 2.24) is 0 Å². The molecule has 2 rings (SSSR count). The molecule has 19 heavy (non-hydrogen) atoms. The molecule has 0 radical (unpaired) electrons. The van der Waals surface area contributed by atoms with Crippen LogP contribution >= 0.6 is 23.2 Å². The van der Waals surface area contributed by atoms with Crippen LogP contribution in [-0.4, -0.2) is 13.7 Å². The zero-order valence-electron chi connectivity index (χ0n) is 10.6. The first-order chi connectivity index (χ1) is 9.17. The summed E-state index contributed by atoms with van der Waals surface area (Å²) in [5, 5.41) is 1.21. The van der Waals surface area contributed by atoms with E-state index in [-0.39, 0.29) is 0 Å². The number of nitrogens with two attached hydrogens (primary N) is 1. The van der Waals surface area contributed by atoms with E-state index in [1.54, 1.807) is 7.11 Å². The van der Waals surface area contributed by atoms with Crippen LogP contribution in [-0.2, 0) is 6.42 Å². The highest BCUT2D eigenvalue weighted by molar-refractivity contribution is 6.39. The van der Waals surface area contributed by atoms with E-state index in [0.717, 1.165) is 28.9 Å². The first-order valence-electron chi connectivity index (χ1n) is 5.98. The number of methoxy groups -OCH3 is 1. The van der Waals surface area contributed by atoms with Crippen molar-refractivity contribution in [3.63, 3.8) is 0 Å². The Balaban J connectivity index is 2.62. The fourth-order valence-corrected chi connectivity index (χ4v) is 2.63. The average Bonchev–Trinajstić information content (AvgIpc) is 2.39. The van der Waals surface area contributed by atoms with Crippen molar-refractivity contribution in [1.29, 1.82) is 0 Å². The smallest absolute Gasteiger partial charge is 0.126 e. The highest BCUT2D eigenvalue weighted by Crippen LogP contribution is 2.40. The van der Waals surface area contributed by atoms with Crippen LogP contribution in [0.3, 0.4) is 0 Å². The standard InChI is InChI=1S/C15H15Cl2NO/c1-19-14-6-5-10(7-8-18)9-11(14)15-12(16)3-2-4-13(15)17/h2-6,9H,7-8,18H2,1H3. The molecular formula is C15H15Cl2NO. The van der Waals surface area contributed by atoms with Gasteiger partial charge in [0, 0.05) is 11.1 Å². The van der Waals surface area contributed by atoms with Gasteiger partial charge >= 0.3 is 0 Å². The summed E-state index contributed by atoms with van der Waals surface area (Å²) in [7, 11) is 1.63. The van der Waals surface area contributed by atoms with Crippen LogP contribution in [0.2, 0.25) is 10.0 Å². The molecule has 0 atom stereocenters. The molecule has 0 aromatic heterocycles. The van der Waals surface area contributed by atoms with Crippen LogP contribution in [0.5, 0.6) is 5.75 Å². The van der Waals surface area contributed by atoms with Gasteiger partial charge in [0.15, 0.2) is 0 Å². The van der Waals surface area contributed by atoms with Gasteiger partial charge in [-0.2, -0.15) is 0 Å². The summed E-state index contributed by atoms with van der Waals surface area (Å²) in [6, 6.07) is 11.4. The van der Waals surface area contributed by atoms with Gasteiger partial charge in [-0.05, 0) is 42.8 Å². The Morgan fingerprint density at radius 3 is 2.37 bits per heavy atom. The number of rotatable bonds is 4. The molecule has 0 amide bonds. The monoisotopic (exact) mass is 295 g/mol. The minimum Gasteiger partial charge on any atom is -0.496 e. The second-order valence-electron chi connectivity index (χ2n) is 4.17. The first kappa shape index (κ1) is 14.2. The molecule has 0 bridgehead atoms. The molecule has 2 aromatic rings.